The number of guanidine groups is 1. The van der Waals surface area contributed by atoms with Gasteiger partial charge < -0.3 is 43.6 Å². The van der Waals surface area contributed by atoms with Crippen LogP contribution in [0.4, 0.5) is 0 Å². The van der Waals surface area contributed by atoms with Crippen LogP contribution in [0.25, 0.3) is 0 Å². The Labute approximate surface area is 265 Å². The Hall–Kier alpha value is -3.63. The van der Waals surface area contributed by atoms with E-state index in [1.54, 1.807) is 13.8 Å². The van der Waals surface area contributed by atoms with Crippen molar-refractivity contribution in [1.82, 2.24) is 26.6 Å². The molecule has 5 amide bonds. The van der Waals surface area contributed by atoms with Crippen molar-refractivity contribution < 1.29 is 29.1 Å². The molecule has 256 valence electrons. The fourth-order valence-corrected chi connectivity index (χ4v) is 5.10. The van der Waals surface area contributed by atoms with Gasteiger partial charge in [0.25, 0.3) is 11.8 Å². The zero-order valence-corrected chi connectivity index (χ0v) is 26.8. The Balaban J connectivity index is 3.02. The third kappa shape index (κ3) is 16.3. The highest BCUT2D eigenvalue weighted by Crippen LogP contribution is 2.27. The normalized spacial score (nSPS) is 16.6. The van der Waals surface area contributed by atoms with E-state index in [0.717, 1.165) is 32.1 Å². The van der Waals surface area contributed by atoms with E-state index < -0.39 is 66.4 Å². The van der Waals surface area contributed by atoms with Crippen molar-refractivity contribution in [3.8, 4) is 0 Å². The molecule has 1 unspecified atom stereocenters. The van der Waals surface area contributed by atoms with Gasteiger partial charge in [0.1, 0.15) is 24.0 Å². The third-order valence-corrected chi connectivity index (χ3v) is 7.45. The van der Waals surface area contributed by atoms with E-state index in [-0.39, 0.29) is 24.0 Å². The van der Waals surface area contributed by atoms with Crippen molar-refractivity contribution in [2.75, 3.05) is 19.6 Å². The predicted octanol–water partition coefficient (Wildman–Crippen LogP) is -1.55. The molecule has 13 N–H and O–H groups in total. The lowest BCUT2D eigenvalue weighted by Gasteiger charge is -2.26. The Morgan fingerprint density at radius 3 is 2.11 bits per heavy atom. The smallest absolute Gasteiger partial charge is 0.268 e. The summed E-state index contributed by atoms with van der Waals surface area (Å²) in [4.78, 5) is 68.3. The van der Waals surface area contributed by atoms with Gasteiger partial charge in [-0.2, -0.15) is 0 Å². The molecule has 0 saturated heterocycles. The lowest BCUT2D eigenvalue weighted by atomic mass is 9.84. The second kappa shape index (κ2) is 21.2. The monoisotopic (exact) mass is 638 g/mol. The van der Waals surface area contributed by atoms with Gasteiger partial charge in [0.2, 0.25) is 17.7 Å². The first kappa shape index (κ1) is 39.4. The maximum absolute atomic E-state index is 13.5. The van der Waals surface area contributed by atoms with E-state index in [1.807, 2.05) is 0 Å². The average molecular weight is 639 g/mol. The third-order valence-electron chi connectivity index (χ3n) is 7.45. The Bertz CT molecular complexity index is 1030. The van der Waals surface area contributed by atoms with Crippen molar-refractivity contribution in [3.05, 3.63) is 0 Å². The largest absolute Gasteiger partial charge is 0.379 e. The molecular weight excluding hydrogens is 584 g/mol. The summed E-state index contributed by atoms with van der Waals surface area (Å²) in [7, 11) is 0. The van der Waals surface area contributed by atoms with Gasteiger partial charge in [-0.3, -0.25) is 34.7 Å². The first-order chi connectivity index (χ1) is 21.2. The standard InChI is InChI=1S/C29H54N10O6/c1-17(2)24(28(45)38-20(25(31)42)11-7-13-30)39-27(44)22(15-19-9-5-4-6-10-19)37-23(41)16-35-26(43)21(36-18(3)40)12-8-14-34-29(32)33/h17-22,36,40H,4-16,30H2,1-3H3,(H2,31,42)(H,35,43)(H,37,41)(H,38,45)(H4,32,33,34)/b39-24+/t18?,20-,21-,22-/m0/s1. The number of amides is 5. The molecule has 1 fully saturated rings. The van der Waals surface area contributed by atoms with Crippen LogP contribution >= 0.6 is 0 Å². The number of hydrogen-bond acceptors (Lipinski definition) is 9. The molecule has 0 radical (unpaired) electrons. The van der Waals surface area contributed by atoms with Gasteiger partial charge in [-0.1, -0.05) is 46.0 Å². The number of aliphatic hydroxyl groups excluding tert-OH is 1. The van der Waals surface area contributed by atoms with E-state index in [2.05, 4.69) is 31.6 Å². The van der Waals surface area contributed by atoms with Gasteiger partial charge in [0.15, 0.2) is 5.96 Å². The molecule has 0 aliphatic heterocycles. The van der Waals surface area contributed by atoms with Gasteiger partial charge in [-0.05, 0) is 51.5 Å². The number of aliphatic hydroxyl groups is 1. The quantitative estimate of drug-likeness (QED) is 0.0317. The topological polar surface area (TPSA) is 280 Å². The van der Waals surface area contributed by atoms with E-state index >= 15 is 0 Å². The molecule has 1 aliphatic rings. The average Bonchev–Trinajstić information content (AvgIpc) is 2.97. The van der Waals surface area contributed by atoms with E-state index in [4.69, 9.17) is 22.6 Å². The molecule has 45 heavy (non-hydrogen) atoms. The van der Waals surface area contributed by atoms with Gasteiger partial charge in [0, 0.05) is 12.5 Å². The Kier molecular flexibility index (Phi) is 18.5. The van der Waals surface area contributed by atoms with Crippen LogP contribution in [0.5, 0.6) is 0 Å². The molecule has 16 heteroatoms. The fraction of sp³-hybridized carbons (Fsp3) is 0.759. The van der Waals surface area contributed by atoms with E-state index in [0.29, 0.717) is 38.8 Å². The SMILES string of the molecule is CC(O)N[C@@H](CCCNC(=N)N)C(=O)NCC(=O)N[C@@H](CC1CCCCC1)C(=O)/N=C(/C(=O)N[C@@H](CCCN)C(N)=O)C(C)C. The van der Waals surface area contributed by atoms with E-state index in [9.17, 15) is 29.1 Å². The number of hydrogen-bond donors (Lipinski definition) is 10. The van der Waals surface area contributed by atoms with Crippen LogP contribution in [0.1, 0.15) is 85.0 Å². The van der Waals surface area contributed by atoms with Gasteiger partial charge in [-0.15, -0.1) is 0 Å². The zero-order chi connectivity index (χ0) is 33.9. The summed E-state index contributed by atoms with van der Waals surface area (Å²) in [5.41, 5.74) is 16.1. The van der Waals surface area contributed by atoms with Crippen molar-refractivity contribution in [1.29, 1.82) is 5.41 Å². The molecule has 1 aliphatic carbocycles. The summed E-state index contributed by atoms with van der Waals surface area (Å²) in [6.07, 6.45) is 5.69. The second-order valence-electron chi connectivity index (χ2n) is 11.8. The molecule has 0 heterocycles. The van der Waals surface area contributed by atoms with Crippen LogP contribution in [0.15, 0.2) is 4.99 Å². The van der Waals surface area contributed by atoms with Gasteiger partial charge in [0.05, 0.1) is 12.6 Å². The van der Waals surface area contributed by atoms with Crippen LogP contribution in [0.2, 0.25) is 0 Å². The summed E-state index contributed by atoms with van der Waals surface area (Å²) in [5, 5.41) is 30.1. The fourth-order valence-electron chi connectivity index (χ4n) is 5.10. The molecule has 1 rings (SSSR count). The summed E-state index contributed by atoms with van der Waals surface area (Å²) in [6.45, 7) is 5.05. The number of rotatable bonds is 20. The molecule has 4 atom stereocenters. The lowest BCUT2D eigenvalue weighted by molar-refractivity contribution is -0.130. The first-order valence-corrected chi connectivity index (χ1v) is 15.8. The maximum atomic E-state index is 13.5. The highest BCUT2D eigenvalue weighted by molar-refractivity contribution is 6.41. The summed E-state index contributed by atoms with van der Waals surface area (Å²) in [6, 6.07) is -2.83. The van der Waals surface area contributed by atoms with Crippen LogP contribution in [-0.4, -0.2) is 90.3 Å². The molecule has 0 aromatic carbocycles. The lowest BCUT2D eigenvalue weighted by Crippen LogP contribution is -2.51. The van der Waals surface area contributed by atoms with Crippen LogP contribution in [0, 0.1) is 17.2 Å². The molecule has 0 aromatic rings. The number of carbonyl (C=O) groups excluding carboxylic acids is 5. The zero-order valence-electron chi connectivity index (χ0n) is 26.8. The number of nitrogens with one attached hydrogen (secondary N) is 6. The van der Waals surface area contributed by atoms with Gasteiger partial charge >= 0.3 is 0 Å². The van der Waals surface area contributed by atoms with Crippen molar-refractivity contribution in [3.63, 3.8) is 0 Å². The number of nitrogens with zero attached hydrogens (tertiary/aromatic N) is 1. The van der Waals surface area contributed by atoms with Crippen LogP contribution in [0.3, 0.4) is 0 Å². The highest BCUT2D eigenvalue weighted by atomic mass is 16.3. The first-order valence-electron chi connectivity index (χ1n) is 15.8. The van der Waals surface area contributed by atoms with Gasteiger partial charge in [-0.25, -0.2) is 4.99 Å². The Morgan fingerprint density at radius 2 is 1.56 bits per heavy atom. The molecule has 16 nitrogen and oxygen atoms in total. The molecule has 0 aromatic heterocycles. The van der Waals surface area contributed by atoms with Crippen molar-refractivity contribution in [2.24, 2.45) is 34.0 Å². The predicted molar refractivity (Wildman–Crippen MR) is 171 cm³/mol. The minimum atomic E-state index is -1.03. The minimum Gasteiger partial charge on any atom is -0.379 e. The minimum absolute atomic E-state index is 0.0958. The Morgan fingerprint density at radius 1 is 0.911 bits per heavy atom. The van der Waals surface area contributed by atoms with Crippen LogP contribution in [-0.2, 0) is 24.0 Å². The molecule has 1 saturated carbocycles. The number of primary amides is 1. The molecular formula is C29H54N10O6. The highest BCUT2D eigenvalue weighted by Gasteiger charge is 2.29. The van der Waals surface area contributed by atoms with E-state index in [1.165, 1.54) is 6.92 Å². The number of carbonyl (C=O) groups is 5. The van der Waals surface area contributed by atoms with Crippen molar-refractivity contribution in [2.45, 2.75) is 109 Å². The maximum Gasteiger partial charge on any atom is 0.268 e. The summed E-state index contributed by atoms with van der Waals surface area (Å²) in [5.74, 6) is -3.79. The summed E-state index contributed by atoms with van der Waals surface area (Å²) < 4.78 is 0. The summed E-state index contributed by atoms with van der Waals surface area (Å²) >= 11 is 0. The molecule has 0 bridgehead atoms. The number of aliphatic imine (C=N–C) groups is 1. The van der Waals surface area contributed by atoms with Crippen molar-refractivity contribution >= 4 is 41.2 Å². The molecule has 0 spiro atoms. The van der Waals surface area contributed by atoms with Crippen LogP contribution < -0.4 is 43.8 Å². The number of nitrogens with two attached hydrogens (primary N) is 3. The second-order valence-corrected chi connectivity index (χ2v) is 11.8.